The number of benzene rings is 1. The van der Waals surface area contributed by atoms with E-state index in [4.69, 9.17) is 12.2 Å². The van der Waals surface area contributed by atoms with E-state index in [1.807, 2.05) is 38.2 Å². The minimum Gasteiger partial charge on any atom is -0.382 e. The Labute approximate surface area is 99.4 Å². The molecule has 0 fully saturated rings. The van der Waals surface area contributed by atoms with Gasteiger partial charge >= 0.3 is 0 Å². The Kier molecular flexibility index (Phi) is 2.94. The van der Waals surface area contributed by atoms with Crippen LogP contribution >= 0.6 is 12.2 Å². The van der Waals surface area contributed by atoms with E-state index in [1.54, 1.807) is 10.8 Å². The summed E-state index contributed by atoms with van der Waals surface area (Å²) in [5.74, 6) is 0. The molecule has 0 aliphatic carbocycles. The number of rotatable bonds is 2. The Balaban J connectivity index is 2.39. The van der Waals surface area contributed by atoms with Crippen molar-refractivity contribution in [1.29, 1.82) is 0 Å². The van der Waals surface area contributed by atoms with Crippen LogP contribution in [0.4, 0.5) is 0 Å². The van der Waals surface area contributed by atoms with E-state index < -0.39 is 6.10 Å². The van der Waals surface area contributed by atoms with E-state index >= 15 is 0 Å². The van der Waals surface area contributed by atoms with Gasteiger partial charge in [-0.3, -0.25) is 0 Å². The standard InChI is InChI=1S/C12H14N2OS/c1-8-3-5-9(6-4-8)11(15)10-7-13-12(16)14(10)2/h3-7,11,15H,1-2H3,(H,13,16). The number of H-pyrrole nitrogens is 1. The summed E-state index contributed by atoms with van der Waals surface area (Å²) in [4.78, 5) is 2.92. The summed E-state index contributed by atoms with van der Waals surface area (Å²) >= 11 is 5.06. The van der Waals surface area contributed by atoms with Crippen molar-refractivity contribution in [3.63, 3.8) is 0 Å². The first kappa shape index (κ1) is 11.1. The van der Waals surface area contributed by atoms with Crippen molar-refractivity contribution in [2.45, 2.75) is 13.0 Å². The van der Waals surface area contributed by atoms with Crippen LogP contribution in [-0.2, 0) is 7.05 Å². The van der Waals surface area contributed by atoms with Crippen LogP contribution in [0.1, 0.15) is 22.9 Å². The van der Waals surface area contributed by atoms with Crippen molar-refractivity contribution in [3.8, 4) is 0 Å². The SMILES string of the molecule is Cc1ccc(C(O)c2c[nH]c(=S)n2C)cc1. The van der Waals surface area contributed by atoms with Gasteiger partial charge in [-0.15, -0.1) is 0 Å². The number of aryl methyl sites for hydroxylation is 1. The first-order valence-electron chi connectivity index (χ1n) is 5.08. The number of aliphatic hydroxyl groups excluding tert-OH is 1. The van der Waals surface area contributed by atoms with Crippen molar-refractivity contribution in [2.75, 3.05) is 0 Å². The summed E-state index contributed by atoms with van der Waals surface area (Å²) in [5, 5.41) is 10.2. The van der Waals surface area contributed by atoms with Crippen molar-refractivity contribution < 1.29 is 5.11 Å². The molecule has 16 heavy (non-hydrogen) atoms. The highest BCUT2D eigenvalue weighted by Crippen LogP contribution is 2.21. The van der Waals surface area contributed by atoms with Gasteiger partial charge < -0.3 is 14.7 Å². The molecule has 4 heteroatoms. The summed E-state index contributed by atoms with van der Waals surface area (Å²) < 4.78 is 2.39. The highest BCUT2D eigenvalue weighted by molar-refractivity contribution is 7.71. The average Bonchev–Trinajstić information content (AvgIpc) is 2.60. The third kappa shape index (κ3) is 1.94. The molecule has 1 aromatic heterocycles. The Bertz CT molecular complexity index is 539. The zero-order chi connectivity index (χ0) is 11.7. The highest BCUT2D eigenvalue weighted by atomic mass is 32.1. The molecule has 0 aliphatic rings. The van der Waals surface area contributed by atoms with Crippen LogP contribution in [0.25, 0.3) is 0 Å². The molecule has 1 atom stereocenters. The minimum atomic E-state index is -0.640. The largest absolute Gasteiger partial charge is 0.382 e. The number of imidazole rings is 1. The number of nitrogens with zero attached hydrogens (tertiary/aromatic N) is 1. The van der Waals surface area contributed by atoms with Crippen LogP contribution in [0, 0.1) is 11.7 Å². The van der Waals surface area contributed by atoms with Crippen molar-refractivity contribution in [3.05, 3.63) is 52.1 Å². The molecule has 0 aliphatic heterocycles. The van der Waals surface area contributed by atoms with Crippen LogP contribution in [0.5, 0.6) is 0 Å². The number of nitrogens with one attached hydrogen (secondary N) is 1. The van der Waals surface area contributed by atoms with Crippen LogP contribution in [-0.4, -0.2) is 14.7 Å². The molecule has 0 saturated carbocycles. The maximum atomic E-state index is 10.2. The zero-order valence-electron chi connectivity index (χ0n) is 9.27. The molecule has 0 amide bonds. The third-order valence-corrected chi connectivity index (χ3v) is 3.10. The second-order valence-electron chi connectivity index (χ2n) is 3.89. The zero-order valence-corrected chi connectivity index (χ0v) is 10.1. The first-order chi connectivity index (χ1) is 7.59. The van der Waals surface area contributed by atoms with Crippen molar-refractivity contribution in [2.24, 2.45) is 7.05 Å². The van der Waals surface area contributed by atoms with Gasteiger partial charge in [-0.1, -0.05) is 29.8 Å². The quantitative estimate of drug-likeness (QED) is 0.784. The lowest BCUT2D eigenvalue weighted by molar-refractivity contribution is 0.211. The molecular formula is C12H14N2OS. The minimum absolute atomic E-state index is 0.612. The summed E-state index contributed by atoms with van der Waals surface area (Å²) in [6, 6.07) is 7.83. The first-order valence-corrected chi connectivity index (χ1v) is 5.49. The van der Waals surface area contributed by atoms with Gasteiger partial charge in [0.25, 0.3) is 0 Å². The number of hydrogen-bond donors (Lipinski definition) is 2. The normalized spacial score (nSPS) is 12.7. The molecular weight excluding hydrogens is 220 g/mol. The second kappa shape index (κ2) is 4.23. The van der Waals surface area contributed by atoms with E-state index in [0.717, 1.165) is 11.3 Å². The third-order valence-electron chi connectivity index (χ3n) is 2.71. The summed E-state index contributed by atoms with van der Waals surface area (Å²) in [6.45, 7) is 2.02. The molecule has 1 heterocycles. The van der Waals surface area contributed by atoms with E-state index in [1.165, 1.54) is 5.56 Å². The average molecular weight is 234 g/mol. The van der Waals surface area contributed by atoms with E-state index in [9.17, 15) is 5.11 Å². The Morgan fingerprint density at radius 3 is 2.44 bits per heavy atom. The molecule has 1 aromatic carbocycles. The van der Waals surface area contributed by atoms with Crippen LogP contribution in [0.3, 0.4) is 0 Å². The van der Waals surface area contributed by atoms with Crippen LogP contribution in [0.2, 0.25) is 0 Å². The van der Waals surface area contributed by atoms with Gasteiger partial charge in [-0.2, -0.15) is 0 Å². The van der Waals surface area contributed by atoms with E-state index in [0.29, 0.717) is 4.77 Å². The van der Waals surface area contributed by atoms with Gasteiger partial charge in [0.1, 0.15) is 6.10 Å². The highest BCUT2D eigenvalue weighted by Gasteiger charge is 2.13. The van der Waals surface area contributed by atoms with Gasteiger partial charge in [-0.25, -0.2) is 0 Å². The molecule has 2 rings (SSSR count). The molecule has 84 valence electrons. The molecule has 1 unspecified atom stereocenters. The maximum Gasteiger partial charge on any atom is 0.177 e. The number of aromatic amines is 1. The fourth-order valence-corrected chi connectivity index (χ4v) is 1.79. The smallest absolute Gasteiger partial charge is 0.177 e. The molecule has 0 saturated heterocycles. The molecule has 0 spiro atoms. The van der Waals surface area contributed by atoms with Crippen LogP contribution in [0.15, 0.2) is 30.5 Å². The van der Waals surface area contributed by atoms with Gasteiger partial charge in [0.05, 0.1) is 5.69 Å². The topological polar surface area (TPSA) is 40.9 Å². The molecule has 3 nitrogen and oxygen atoms in total. The second-order valence-corrected chi connectivity index (χ2v) is 4.28. The van der Waals surface area contributed by atoms with Crippen molar-refractivity contribution >= 4 is 12.2 Å². The molecule has 2 N–H and O–H groups in total. The number of aromatic nitrogens is 2. The van der Waals surface area contributed by atoms with Gasteiger partial charge in [0.2, 0.25) is 0 Å². The fourth-order valence-electron chi connectivity index (χ4n) is 1.63. The predicted molar refractivity (Wildman–Crippen MR) is 65.8 cm³/mol. The number of hydrogen-bond acceptors (Lipinski definition) is 2. The molecule has 0 radical (unpaired) electrons. The van der Waals surface area contributed by atoms with Gasteiger partial charge in [0.15, 0.2) is 4.77 Å². The monoisotopic (exact) mass is 234 g/mol. The molecule has 0 bridgehead atoms. The van der Waals surface area contributed by atoms with E-state index in [2.05, 4.69) is 4.98 Å². The van der Waals surface area contributed by atoms with Crippen LogP contribution < -0.4 is 0 Å². The van der Waals surface area contributed by atoms with Gasteiger partial charge in [0, 0.05) is 13.2 Å². The van der Waals surface area contributed by atoms with Gasteiger partial charge in [-0.05, 0) is 24.7 Å². The summed E-state index contributed by atoms with van der Waals surface area (Å²) in [6.07, 6.45) is 1.10. The Morgan fingerprint density at radius 1 is 1.31 bits per heavy atom. The predicted octanol–water partition coefficient (Wildman–Crippen LogP) is 2.47. The Hall–Kier alpha value is -1.39. The fraction of sp³-hybridized carbons (Fsp3) is 0.250. The lowest BCUT2D eigenvalue weighted by Gasteiger charge is -2.11. The van der Waals surface area contributed by atoms with Crippen molar-refractivity contribution in [1.82, 2.24) is 9.55 Å². The summed E-state index contributed by atoms with van der Waals surface area (Å²) in [5.41, 5.74) is 2.82. The molecule has 2 aromatic rings. The maximum absolute atomic E-state index is 10.2. The Morgan fingerprint density at radius 2 is 1.94 bits per heavy atom. The number of aliphatic hydroxyl groups is 1. The lowest BCUT2D eigenvalue weighted by atomic mass is 10.1. The lowest BCUT2D eigenvalue weighted by Crippen LogP contribution is -2.05. The summed E-state index contributed by atoms with van der Waals surface area (Å²) in [7, 11) is 1.84. The van der Waals surface area contributed by atoms with E-state index in [-0.39, 0.29) is 0 Å².